The minimum Gasteiger partial charge on any atom is -0.456 e. The molecule has 0 spiro atoms. The zero-order chi connectivity index (χ0) is 30.1. The van der Waals surface area contributed by atoms with E-state index >= 15 is 0 Å². The summed E-state index contributed by atoms with van der Waals surface area (Å²) < 4.78 is 6.40. The van der Waals surface area contributed by atoms with E-state index in [1.807, 2.05) is 6.07 Å². The van der Waals surface area contributed by atoms with E-state index in [0.29, 0.717) is 0 Å². The molecule has 0 amide bonds. The first-order valence-electron chi connectivity index (χ1n) is 15.6. The molecule has 1 heterocycles. The van der Waals surface area contributed by atoms with Crippen molar-refractivity contribution in [3.63, 3.8) is 0 Å². The molecule has 1 aliphatic carbocycles. The number of hydrogen-bond donors (Lipinski definition) is 0. The Morgan fingerprint density at radius 3 is 2.11 bits per heavy atom. The van der Waals surface area contributed by atoms with Crippen LogP contribution in [0.25, 0.3) is 55.0 Å². The lowest BCUT2D eigenvalue weighted by Gasteiger charge is -2.30. The Kier molecular flexibility index (Phi) is 5.58. The second kappa shape index (κ2) is 9.70. The minimum absolute atomic E-state index is 0.135. The van der Waals surface area contributed by atoms with Crippen molar-refractivity contribution < 1.29 is 4.42 Å². The van der Waals surface area contributed by atoms with E-state index in [2.05, 4.69) is 164 Å². The maximum absolute atomic E-state index is 6.40. The van der Waals surface area contributed by atoms with Crippen LogP contribution in [0.3, 0.4) is 0 Å². The molecule has 1 aromatic heterocycles. The van der Waals surface area contributed by atoms with Gasteiger partial charge in [-0.25, -0.2) is 0 Å². The summed E-state index contributed by atoms with van der Waals surface area (Å²) in [5.41, 5.74) is 12.8. The van der Waals surface area contributed by atoms with Gasteiger partial charge in [0.15, 0.2) is 0 Å². The minimum atomic E-state index is -0.135. The van der Waals surface area contributed by atoms with Crippen molar-refractivity contribution in [2.24, 2.45) is 0 Å². The van der Waals surface area contributed by atoms with Crippen molar-refractivity contribution in [3.8, 4) is 22.3 Å². The Balaban J connectivity index is 1.40. The molecular weight excluding hydrogens is 546 g/mol. The SMILES string of the molecule is CC1(C)c2ccccc2-c2cc(N(c3ccc4ccccc4c3)c3cccc4oc5ccccc5c34)cc(-c3ccccc3)c21. The third-order valence-corrected chi connectivity index (χ3v) is 9.59. The van der Waals surface area contributed by atoms with Gasteiger partial charge < -0.3 is 9.32 Å². The van der Waals surface area contributed by atoms with Gasteiger partial charge in [0.25, 0.3) is 0 Å². The van der Waals surface area contributed by atoms with E-state index in [1.54, 1.807) is 0 Å². The quantitative estimate of drug-likeness (QED) is 0.207. The molecule has 0 fully saturated rings. The second-order valence-corrected chi connectivity index (χ2v) is 12.6. The summed E-state index contributed by atoms with van der Waals surface area (Å²) in [6, 6.07) is 54.7. The van der Waals surface area contributed by atoms with Crippen LogP contribution in [0.2, 0.25) is 0 Å². The van der Waals surface area contributed by atoms with Crippen LogP contribution in [0.5, 0.6) is 0 Å². The molecule has 8 aromatic rings. The number of benzene rings is 7. The van der Waals surface area contributed by atoms with Gasteiger partial charge in [0.1, 0.15) is 11.2 Å². The summed E-state index contributed by atoms with van der Waals surface area (Å²) in [7, 11) is 0. The molecule has 0 saturated heterocycles. The topological polar surface area (TPSA) is 16.4 Å². The van der Waals surface area contributed by atoms with Gasteiger partial charge in [-0.3, -0.25) is 0 Å². The Bertz CT molecular complexity index is 2410. The molecule has 0 aliphatic heterocycles. The molecule has 0 radical (unpaired) electrons. The lowest BCUT2D eigenvalue weighted by atomic mass is 9.78. The fraction of sp³-hybridized carbons (Fsp3) is 0.0698. The van der Waals surface area contributed by atoms with E-state index in [-0.39, 0.29) is 5.41 Å². The average molecular weight is 578 g/mol. The van der Waals surface area contributed by atoms with Crippen LogP contribution in [0.4, 0.5) is 17.1 Å². The molecule has 0 atom stereocenters. The number of fused-ring (bicyclic) bond motifs is 7. The number of hydrogen-bond acceptors (Lipinski definition) is 2. The molecule has 45 heavy (non-hydrogen) atoms. The highest BCUT2D eigenvalue weighted by Gasteiger charge is 2.38. The van der Waals surface area contributed by atoms with Crippen molar-refractivity contribution in [3.05, 3.63) is 163 Å². The predicted octanol–water partition coefficient (Wildman–Crippen LogP) is 12.2. The van der Waals surface area contributed by atoms with Gasteiger partial charge in [-0.15, -0.1) is 0 Å². The summed E-state index contributed by atoms with van der Waals surface area (Å²) in [5.74, 6) is 0. The fourth-order valence-corrected chi connectivity index (χ4v) is 7.57. The normalized spacial score (nSPS) is 13.3. The van der Waals surface area contributed by atoms with Gasteiger partial charge in [0, 0.05) is 22.2 Å². The number of rotatable bonds is 4. The van der Waals surface area contributed by atoms with E-state index in [0.717, 1.165) is 39.0 Å². The van der Waals surface area contributed by atoms with Gasteiger partial charge in [0.2, 0.25) is 0 Å². The van der Waals surface area contributed by atoms with Gasteiger partial charge in [-0.05, 0) is 86.6 Å². The summed E-state index contributed by atoms with van der Waals surface area (Å²) in [6.07, 6.45) is 0. The molecule has 2 heteroatoms. The van der Waals surface area contributed by atoms with Crippen molar-refractivity contribution in [1.82, 2.24) is 0 Å². The first-order valence-corrected chi connectivity index (χ1v) is 15.6. The van der Waals surface area contributed by atoms with Crippen LogP contribution >= 0.6 is 0 Å². The Hall–Kier alpha value is -5.60. The second-order valence-electron chi connectivity index (χ2n) is 12.6. The highest BCUT2D eigenvalue weighted by atomic mass is 16.3. The van der Waals surface area contributed by atoms with E-state index in [4.69, 9.17) is 4.42 Å². The molecule has 2 nitrogen and oxygen atoms in total. The van der Waals surface area contributed by atoms with Crippen LogP contribution in [-0.2, 0) is 5.41 Å². The highest BCUT2D eigenvalue weighted by molar-refractivity contribution is 6.13. The number of furan rings is 1. The molecule has 0 bridgehead atoms. The Morgan fingerprint density at radius 1 is 0.511 bits per heavy atom. The number of para-hydroxylation sites is 1. The standard InChI is InChI=1S/C43H31NO/c1-43(2)37-19-10-8-17-33(37)36-27-32(26-35(42(36)43)29-14-4-3-5-15-29)44(31-24-23-28-13-6-7-16-30(28)25-31)38-20-12-22-40-41(38)34-18-9-11-21-39(34)45-40/h3-27H,1-2H3. The van der Waals surface area contributed by atoms with Crippen LogP contribution in [0.1, 0.15) is 25.0 Å². The number of anilines is 3. The van der Waals surface area contributed by atoms with Gasteiger partial charge in [0.05, 0.1) is 11.1 Å². The average Bonchev–Trinajstić information content (AvgIpc) is 3.58. The van der Waals surface area contributed by atoms with Crippen LogP contribution in [0.15, 0.2) is 156 Å². The number of nitrogens with zero attached hydrogens (tertiary/aromatic N) is 1. The van der Waals surface area contributed by atoms with Crippen LogP contribution < -0.4 is 4.90 Å². The molecule has 9 rings (SSSR count). The third-order valence-electron chi connectivity index (χ3n) is 9.59. The van der Waals surface area contributed by atoms with Crippen molar-refractivity contribution >= 4 is 49.8 Å². The Labute approximate surface area is 262 Å². The van der Waals surface area contributed by atoms with Crippen LogP contribution in [-0.4, -0.2) is 0 Å². The molecule has 1 aliphatic rings. The van der Waals surface area contributed by atoms with Crippen LogP contribution in [0, 0.1) is 0 Å². The van der Waals surface area contributed by atoms with E-state index in [1.165, 1.54) is 44.2 Å². The molecule has 0 saturated carbocycles. The fourth-order valence-electron chi connectivity index (χ4n) is 7.57. The molecule has 214 valence electrons. The molecule has 7 aromatic carbocycles. The van der Waals surface area contributed by atoms with Gasteiger partial charge in [-0.1, -0.05) is 123 Å². The lowest BCUT2D eigenvalue weighted by molar-refractivity contribution is 0.662. The zero-order valence-electron chi connectivity index (χ0n) is 25.3. The first kappa shape index (κ1) is 25.9. The predicted molar refractivity (Wildman–Crippen MR) is 189 cm³/mol. The smallest absolute Gasteiger partial charge is 0.137 e. The van der Waals surface area contributed by atoms with Gasteiger partial charge >= 0.3 is 0 Å². The van der Waals surface area contributed by atoms with Crippen molar-refractivity contribution in [2.45, 2.75) is 19.3 Å². The highest BCUT2D eigenvalue weighted by Crippen LogP contribution is 2.55. The summed E-state index contributed by atoms with van der Waals surface area (Å²) >= 11 is 0. The summed E-state index contributed by atoms with van der Waals surface area (Å²) in [4.78, 5) is 2.43. The summed E-state index contributed by atoms with van der Waals surface area (Å²) in [5, 5.41) is 4.66. The summed E-state index contributed by atoms with van der Waals surface area (Å²) in [6.45, 7) is 4.73. The zero-order valence-corrected chi connectivity index (χ0v) is 25.3. The lowest BCUT2D eigenvalue weighted by Crippen LogP contribution is -2.17. The largest absolute Gasteiger partial charge is 0.456 e. The molecule has 0 N–H and O–H groups in total. The van der Waals surface area contributed by atoms with Crippen molar-refractivity contribution in [2.75, 3.05) is 4.90 Å². The van der Waals surface area contributed by atoms with Crippen molar-refractivity contribution in [1.29, 1.82) is 0 Å². The molecular formula is C43H31NO. The van der Waals surface area contributed by atoms with Gasteiger partial charge in [-0.2, -0.15) is 0 Å². The maximum Gasteiger partial charge on any atom is 0.137 e. The molecule has 0 unspecified atom stereocenters. The first-order chi connectivity index (χ1) is 22.1. The third kappa shape index (κ3) is 3.89. The Morgan fingerprint density at radius 2 is 1.22 bits per heavy atom. The van der Waals surface area contributed by atoms with E-state index < -0.39 is 0 Å². The van der Waals surface area contributed by atoms with E-state index in [9.17, 15) is 0 Å². The monoisotopic (exact) mass is 577 g/mol. The maximum atomic E-state index is 6.40.